The molecule has 152 valence electrons. The molecule has 0 aromatic carbocycles. The van der Waals surface area contributed by atoms with Crippen LogP contribution in [0.25, 0.3) is 0 Å². The zero-order valence-electron chi connectivity index (χ0n) is 16.0. The van der Waals surface area contributed by atoms with Gasteiger partial charge in [0.05, 0.1) is 19.5 Å². The summed E-state index contributed by atoms with van der Waals surface area (Å²) in [4.78, 5) is 0. The number of ether oxygens (including phenoxy) is 6. The van der Waals surface area contributed by atoms with Gasteiger partial charge in [0, 0.05) is 13.5 Å². The molecule has 0 aliphatic carbocycles. The lowest BCUT2D eigenvalue weighted by Gasteiger charge is -2.38. The molecule has 3 aliphatic rings. The molecular weight excluding hydrogens is 368 g/mol. The largest absolute Gasteiger partial charge is 0.372 e. The van der Waals surface area contributed by atoms with Gasteiger partial charge in [-0.2, -0.15) is 8.42 Å². The van der Waals surface area contributed by atoms with Gasteiger partial charge >= 0.3 is 0 Å². The predicted octanol–water partition coefficient (Wildman–Crippen LogP) is 0.766. The highest BCUT2D eigenvalue weighted by Crippen LogP contribution is 2.49. The summed E-state index contributed by atoms with van der Waals surface area (Å²) in [5.41, 5.74) is -1.00. The van der Waals surface area contributed by atoms with Crippen LogP contribution in [-0.2, 0) is 42.7 Å². The molecule has 0 aromatic heterocycles. The summed E-state index contributed by atoms with van der Waals surface area (Å²) in [5.74, 6) is -1.58. The van der Waals surface area contributed by atoms with Gasteiger partial charge in [0.25, 0.3) is 10.1 Å². The Kier molecular flexibility index (Phi) is 5.20. The smallest absolute Gasteiger partial charge is 0.264 e. The van der Waals surface area contributed by atoms with Crippen LogP contribution in [0.15, 0.2) is 0 Å². The van der Waals surface area contributed by atoms with E-state index in [-0.39, 0.29) is 13.0 Å². The Bertz CT molecular complexity index is 632. The highest BCUT2D eigenvalue weighted by molar-refractivity contribution is 7.85. The van der Waals surface area contributed by atoms with E-state index in [1.807, 2.05) is 13.8 Å². The van der Waals surface area contributed by atoms with Crippen LogP contribution in [0.5, 0.6) is 0 Å². The molecule has 5 atom stereocenters. The van der Waals surface area contributed by atoms with Gasteiger partial charge in [0.2, 0.25) is 0 Å². The Morgan fingerprint density at radius 2 is 1.73 bits per heavy atom. The van der Waals surface area contributed by atoms with Crippen LogP contribution in [0.1, 0.15) is 34.1 Å². The Morgan fingerprint density at radius 1 is 1.04 bits per heavy atom. The fourth-order valence-electron chi connectivity index (χ4n) is 3.82. The Morgan fingerprint density at radius 3 is 2.27 bits per heavy atom. The van der Waals surface area contributed by atoms with E-state index in [0.29, 0.717) is 6.61 Å². The van der Waals surface area contributed by atoms with Gasteiger partial charge in [-0.05, 0) is 27.7 Å². The van der Waals surface area contributed by atoms with Gasteiger partial charge in [-0.3, -0.25) is 4.18 Å². The van der Waals surface area contributed by atoms with E-state index < -0.39 is 51.9 Å². The summed E-state index contributed by atoms with van der Waals surface area (Å²) in [5, 5.41) is 0. The average Bonchev–Trinajstić information content (AvgIpc) is 3.07. The van der Waals surface area contributed by atoms with Crippen LogP contribution >= 0.6 is 0 Å². The van der Waals surface area contributed by atoms with Crippen molar-refractivity contribution in [1.82, 2.24) is 0 Å². The maximum atomic E-state index is 11.4. The first-order valence-electron chi connectivity index (χ1n) is 8.60. The molecule has 3 aliphatic heterocycles. The van der Waals surface area contributed by atoms with Crippen molar-refractivity contribution in [3.8, 4) is 0 Å². The van der Waals surface area contributed by atoms with Crippen LogP contribution < -0.4 is 0 Å². The van der Waals surface area contributed by atoms with Gasteiger partial charge in [0.15, 0.2) is 17.9 Å². The topological polar surface area (TPSA) is 98.8 Å². The van der Waals surface area contributed by atoms with Gasteiger partial charge < -0.3 is 28.4 Å². The highest BCUT2D eigenvalue weighted by atomic mass is 32.2. The van der Waals surface area contributed by atoms with Crippen molar-refractivity contribution in [2.45, 2.75) is 75.9 Å². The molecule has 10 heteroatoms. The number of hydrogen-bond donors (Lipinski definition) is 0. The van der Waals surface area contributed by atoms with E-state index in [1.165, 1.54) is 7.11 Å². The van der Waals surface area contributed by atoms with Crippen molar-refractivity contribution < 1.29 is 41.0 Å². The fourth-order valence-corrected chi connectivity index (χ4v) is 4.21. The van der Waals surface area contributed by atoms with Crippen LogP contribution in [0.3, 0.4) is 0 Å². The van der Waals surface area contributed by atoms with E-state index in [4.69, 9.17) is 32.6 Å². The van der Waals surface area contributed by atoms with Crippen molar-refractivity contribution in [3.05, 3.63) is 0 Å². The van der Waals surface area contributed by atoms with Crippen LogP contribution in [0.4, 0.5) is 0 Å². The molecule has 0 unspecified atom stereocenters. The van der Waals surface area contributed by atoms with Crippen molar-refractivity contribution in [2.24, 2.45) is 0 Å². The van der Waals surface area contributed by atoms with E-state index in [2.05, 4.69) is 0 Å². The van der Waals surface area contributed by atoms with Crippen molar-refractivity contribution in [1.29, 1.82) is 0 Å². The first-order valence-corrected chi connectivity index (χ1v) is 10.4. The molecule has 9 nitrogen and oxygen atoms in total. The third kappa shape index (κ3) is 3.93. The first-order chi connectivity index (χ1) is 11.9. The molecule has 3 heterocycles. The number of methoxy groups -OCH3 is 1. The first kappa shape index (κ1) is 20.4. The monoisotopic (exact) mass is 396 g/mol. The maximum Gasteiger partial charge on any atom is 0.264 e. The van der Waals surface area contributed by atoms with Crippen molar-refractivity contribution >= 4 is 10.1 Å². The minimum Gasteiger partial charge on any atom is -0.372 e. The van der Waals surface area contributed by atoms with Crippen LogP contribution in [0.2, 0.25) is 0 Å². The van der Waals surface area contributed by atoms with E-state index in [9.17, 15) is 8.42 Å². The molecule has 0 spiro atoms. The normalized spacial score (nSPS) is 41.5. The second-order valence-corrected chi connectivity index (χ2v) is 9.43. The SMILES string of the molecule is CO[C@]1(CCOS(C)(=O)=O)[C@@H]([C@H]2COC(C)(C)O2)O[C@@H]2OC(C)(C)O[C@@H]21. The van der Waals surface area contributed by atoms with Gasteiger partial charge in [-0.15, -0.1) is 0 Å². The predicted molar refractivity (Wildman–Crippen MR) is 88.8 cm³/mol. The van der Waals surface area contributed by atoms with Gasteiger partial charge in [0.1, 0.15) is 23.9 Å². The molecule has 0 saturated carbocycles. The number of rotatable bonds is 6. The lowest BCUT2D eigenvalue weighted by molar-refractivity contribution is -0.253. The number of hydrogen-bond acceptors (Lipinski definition) is 9. The summed E-state index contributed by atoms with van der Waals surface area (Å²) in [6, 6.07) is 0. The van der Waals surface area contributed by atoms with Crippen LogP contribution in [0, 0.1) is 0 Å². The summed E-state index contributed by atoms with van der Waals surface area (Å²) in [6.07, 6.45) is -0.953. The Balaban J connectivity index is 1.85. The van der Waals surface area contributed by atoms with Crippen molar-refractivity contribution in [3.63, 3.8) is 0 Å². The second-order valence-electron chi connectivity index (χ2n) is 7.78. The summed E-state index contributed by atoms with van der Waals surface area (Å²) >= 11 is 0. The third-order valence-corrected chi connectivity index (χ3v) is 5.44. The zero-order chi connectivity index (χ0) is 19.4. The summed E-state index contributed by atoms with van der Waals surface area (Å²) < 4.78 is 63.1. The minimum absolute atomic E-state index is 0.0729. The third-order valence-electron chi connectivity index (χ3n) is 4.84. The number of fused-ring (bicyclic) bond motifs is 1. The van der Waals surface area contributed by atoms with Crippen LogP contribution in [-0.4, -0.2) is 76.8 Å². The van der Waals surface area contributed by atoms with E-state index >= 15 is 0 Å². The average molecular weight is 396 g/mol. The molecule has 0 N–H and O–H groups in total. The maximum absolute atomic E-state index is 11.4. The Hall–Kier alpha value is -0.330. The van der Waals surface area contributed by atoms with E-state index in [0.717, 1.165) is 6.26 Å². The molecule has 3 rings (SSSR count). The second kappa shape index (κ2) is 6.63. The van der Waals surface area contributed by atoms with Gasteiger partial charge in [-0.25, -0.2) is 0 Å². The van der Waals surface area contributed by atoms with Crippen molar-refractivity contribution in [2.75, 3.05) is 26.6 Å². The molecule has 0 radical (unpaired) electrons. The molecule has 3 fully saturated rings. The quantitative estimate of drug-likeness (QED) is 0.603. The molecule has 3 saturated heterocycles. The molecule has 0 bridgehead atoms. The summed E-state index contributed by atoms with van der Waals surface area (Å²) in [7, 11) is -2.04. The zero-order valence-corrected chi connectivity index (χ0v) is 16.8. The minimum atomic E-state index is -3.58. The lowest BCUT2D eigenvalue weighted by Crippen LogP contribution is -2.56. The standard InChI is InChI=1S/C16H28O9S/c1-14(2)20-9-10(23-14)11-16(19-5,7-8-21-26(6,17)18)12-13(22-11)25-15(3,4)24-12/h10-13H,7-9H2,1-6H3/t10-,11-,12+,13-,16-/m1/s1. The lowest BCUT2D eigenvalue weighted by atomic mass is 9.86. The van der Waals surface area contributed by atoms with Gasteiger partial charge in [-0.1, -0.05) is 0 Å². The van der Waals surface area contributed by atoms with E-state index in [1.54, 1.807) is 13.8 Å². The molecule has 0 aromatic rings. The fraction of sp³-hybridized carbons (Fsp3) is 1.00. The summed E-state index contributed by atoms with van der Waals surface area (Å²) in [6.45, 7) is 7.46. The highest BCUT2D eigenvalue weighted by Gasteiger charge is 2.66. The molecular formula is C16H28O9S. The molecule has 0 amide bonds. The Labute approximate surface area is 154 Å². The molecule has 26 heavy (non-hydrogen) atoms.